The van der Waals surface area contributed by atoms with Gasteiger partial charge in [-0.3, -0.25) is 0 Å². The number of allylic oxidation sites excluding steroid dienone is 1. The van der Waals surface area contributed by atoms with Crippen molar-refractivity contribution in [3.63, 3.8) is 0 Å². The Morgan fingerprint density at radius 2 is 1.91 bits per heavy atom. The molecule has 0 aromatic carbocycles. The molecule has 0 heteroatoms. The van der Waals surface area contributed by atoms with Crippen LogP contribution in [-0.2, 0) is 0 Å². The monoisotopic (exact) mass is 150 g/mol. The van der Waals surface area contributed by atoms with E-state index in [-0.39, 0.29) is 0 Å². The summed E-state index contributed by atoms with van der Waals surface area (Å²) in [5, 5.41) is 0. The van der Waals surface area contributed by atoms with Crippen LogP contribution in [0.5, 0.6) is 0 Å². The minimum absolute atomic E-state index is 0.851. The second-order valence-corrected chi connectivity index (χ2v) is 4.57. The van der Waals surface area contributed by atoms with Crippen molar-refractivity contribution in [2.45, 2.75) is 32.6 Å². The van der Waals surface area contributed by atoms with E-state index in [1.165, 1.54) is 25.7 Å². The fourth-order valence-corrected chi connectivity index (χ4v) is 2.94. The molecule has 0 saturated heterocycles. The summed E-state index contributed by atoms with van der Waals surface area (Å²) in [4.78, 5) is 0. The zero-order valence-corrected chi connectivity index (χ0v) is 7.42. The second-order valence-electron chi connectivity index (χ2n) is 4.57. The standard InChI is InChI=1S/C11H18/c1-3-10-5-8(2)4-9-6-11(10)7-9/h3,8-11H,1,4-7H2,2H3. The number of hydrogen-bond donors (Lipinski definition) is 0. The van der Waals surface area contributed by atoms with Gasteiger partial charge in [0.05, 0.1) is 0 Å². The highest BCUT2D eigenvalue weighted by atomic mass is 14.4. The van der Waals surface area contributed by atoms with Crippen molar-refractivity contribution in [1.82, 2.24) is 0 Å². The summed E-state index contributed by atoms with van der Waals surface area (Å²) in [6.45, 7) is 6.34. The Bertz CT molecular complexity index is 153. The summed E-state index contributed by atoms with van der Waals surface area (Å²) in [6.07, 6.45) is 8.09. The molecule has 3 fully saturated rings. The van der Waals surface area contributed by atoms with Crippen molar-refractivity contribution in [3.8, 4) is 0 Å². The van der Waals surface area contributed by atoms with Crippen LogP contribution in [-0.4, -0.2) is 0 Å². The molecule has 0 spiro atoms. The summed E-state index contributed by atoms with van der Waals surface area (Å²) < 4.78 is 0. The summed E-state index contributed by atoms with van der Waals surface area (Å²) in [6, 6.07) is 0. The lowest BCUT2D eigenvalue weighted by Crippen LogP contribution is -2.25. The van der Waals surface area contributed by atoms with E-state index in [9.17, 15) is 0 Å². The van der Waals surface area contributed by atoms with Gasteiger partial charge in [0.15, 0.2) is 0 Å². The smallest absolute Gasteiger partial charge is 0.0205 e. The molecule has 0 heterocycles. The van der Waals surface area contributed by atoms with E-state index in [0.29, 0.717) is 0 Å². The van der Waals surface area contributed by atoms with E-state index in [0.717, 1.165) is 23.7 Å². The number of hydrogen-bond acceptors (Lipinski definition) is 0. The Morgan fingerprint density at radius 1 is 1.18 bits per heavy atom. The molecule has 0 N–H and O–H groups in total. The Kier molecular flexibility index (Phi) is 1.78. The molecule has 3 aliphatic carbocycles. The number of fused-ring (bicyclic) bond motifs is 3. The van der Waals surface area contributed by atoms with Crippen LogP contribution in [0.2, 0.25) is 0 Å². The van der Waals surface area contributed by atoms with Crippen LogP contribution < -0.4 is 0 Å². The van der Waals surface area contributed by atoms with Gasteiger partial charge in [-0.05, 0) is 49.4 Å². The summed E-state index contributed by atoms with van der Waals surface area (Å²) in [5.74, 6) is 3.90. The van der Waals surface area contributed by atoms with E-state index in [1.54, 1.807) is 0 Å². The molecule has 0 aromatic heterocycles. The van der Waals surface area contributed by atoms with Crippen molar-refractivity contribution in [3.05, 3.63) is 12.7 Å². The lowest BCUT2D eigenvalue weighted by atomic mass is 9.70. The molecule has 2 unspecified atom stereocenters. The SMILES string of the molecule is C=CC1CC(C)CC2CC1C2. The van der Waals surface area contributed by atoms with E-state index >= 15 is 0 Å². The van der Waals surface area contributed by atoms with Gasteiger partial charge in [0.25, 0.3) is 0 Å². The third-order valence-corrected chi connectivity index (χ3v) is 3.59. The third-order valence-electron chi connectivity index (χ3n) is 3.59. The molecule has 3 saturated carbocycles. The van der Waals surface area contributed by atoms with Crippen LogP contribution in [0.25, 0.3) is 0 Å². The average Bonchev–Trinajstić information content (AvgIpc) is 2.13. The van der Waals surface area contributed by atoms with E-state index in [4.69, 9.17) is 0 Å². The molecule has 0 nitrogen and oxygen atoms in total. The number of rotatable bonds is 1. The Labute approximate surface area is 69.7 Å². The van der Waals surface area contributed by atoms with E-state index < -0.39 is 0 Å². The van der Waals surface area contributed by atoms with Crippen LogP contribution in [0.15, 0.2) is 12.7 Å². The van der Waals surface area contributed by atoms with Gasteiger partial charge in [-0.25, -0.2) is 0 Å². The molecule has 0 aliphatic heterocycles. The van der Waals surface area contributed by atoms with Crippen molar-refractivity contribution in [1.29, 1.82) is 0 Å². The van der Waals surface area contributed by atoms with Crippen LogP contribution in [0.3, 0.4) is 0 Å². The zero-order chi connectivity index (χ0) is 7.84. The molecule has 0 amide bonds. The minimum Gasteiger partial charge on any atom is -0.103 e. The Morgan fingerprint density at radius 3 is 2.55 bits per heavy atom. The molecule has 11 heavy (non-hydrogen) atoms. The fourth-order valence-electron chi connectivity index (χ4n) is 2.94. The third kappa shape index (κ3) is 1.23. The molecule has 3 rings (SSSR count). The molecule has 2 atom stereocenters. The second kappa shape index (κ2) is 2.66. The lowest BCUT2D eigenvalue weighted by Gasteiger charge is -2.35. The highest BCUT2D eigenvalue weighted by Gasteiger charge is 2.38. The molecule has 0 aromatic rings. The molecule has 3 aliphatic rings. The van der Waals surface area contributed by atoms with Crippen molar-refractivity contribution < 1.29 is 0 Å². The Hall–Kier alpha value is -0.260. The summed E-state index contributed by atoms with van der Waals surface area (Å²) >= 11 is 0. The summed E-state index contributed by atoms with van der Waals surface area (Å²) in [5.41, 5.74) is 0. The molecule has 0 radical (unpaired) electrons. The molecular weight excluding hydrogens is 132 g/mol. The quantitative estimate of drug-likeness (QED) is 0.503. The van der Waals surface area contributed by atoms with Gasteiger partial charge in [-0.2, -0.15) is 0 Å². The zero-order valence-electron chi connectivity index (χ0n) is 7.42. The van der Waals surface area contributed by atoms with E-state index in [2.05, 4.69) is 19.6 Å². The van der Waals surface area contributed by atoms with Gasteiger partial charge >= 0.3 is 0 Å². The van der Waals surface area contributed by atoms with E-state index in [1.807, 2.05) is 0 Å². The first kappa shape index (κ1) is 7.39. The van der Waals surface area contributed by atoms with Crippen LogP contribution in [0.1, 0.15) is 32.6 Å². The molecule has 2 bridgehead atoms. The fraction of sp³-hybridized carbons (Fsp3) is 0.818. The lowest BCUT2D eigenvalue weighted by molar-refractivity contribution is 0.167. The van der Waals surface area contributed by atoms with Gasteiger partial charge < -0.3 is 0 Å². The predicted molar refractivity (Wildman–Crippen MR) is 48.3 cm³/mol. The normalized spacial score (nSPS) is 49.2. The van der Waals surface area contributed by atoms with Gasteiger partial charge in [0, 0.05) is 0 Å². The molecular formula is C11H18. The van der Waals surface area contributed by atoms with Crippen LogP contribution >= 0.6 is 0 Å². The van der Waals surface area contributed by atoms with Crippen molar-refractivity contribution >= 4 is 0 Å². The first-order valence-corrected chi connectivity index (χ1v) is 4.92. The van der Waals surface area contributed by atoms with Gasteiger partial charge in [-0.15, -0.1) is 6.58 Å². The maximum atomic E-state index is 3.94. The van der Waals surface area contributed by atoms with Gasteiger partial charge in [0.1, 0.15) is 0 Å². The minimum atomic E-state index is 0.851. The first-order chi connectivity index (χ1) is 5.29. The Balaban J connectivity index is 2.05. The average molecular weight is 150 g/mol. The van der Waals surface area contributed by atoms with Crippen LogP contribution in [0.4, 0.5) is 0 Å². The maximum absolute atomic E-state index is 3.94. The first-order valence-electron chi connectivity index (χ1n) is 4.92. The highest BCUT2D eigenvalue weighted by Crippen LogP contribution is 2.48. The van der Waals surface area contributed by atoms with Crippen LogP contribution in [0, 0.1) is 23.7 Å². The largest absolute Gasteiger partial charge is 0.103 e. The maximum Gasteiger partial charge on any atom is -0.0205 e. The topological polar surface area (TPSA) is 0 Å². The van der Waals surface area contributed by atoms with Crippen molar-refractivity contribution in [2.75, 3.05) is 0 Å². The van der Waals surface area contributed by atoms with Gasteiger partial charge in [0.2, 0.25) is 0 Å². The van der Waals surface area contributed by atoms with Crippen molar-refractivity contribution in [2.24, 2.45) is 23.7 Å². The summed E-state index contributed by atoms with van der Waals surface area (Å²) in [7, 11) is 0. The predicted octanol–water partition coefficient (Wildman–Crippen LogP) is 3.24. The van der Waals surface area contributed by atoms with Gasteiger partial charge in [-0.1, -0.05) is 13.0 Å². The molecule has 62 valence electrons. The highest BCUT2D eigenvalue weighted by molar-refractivity contribution is 4.96.